The van der Waals surface area contributed by atoms with Gasteiger partial charge in [0.1, 0.15) is 18.1 Å². The molecule has 0 bridgehead atoms. The van der Waals surface area contributed by atoms with Crippen molar-refractivity contribution in [3.63, 3.8) is 0 Å². The Morgan fingerprint density at radius 3 is 2.72 bits per heavy atom. The Kier molecular flexibility index (Phi) is 6.93. The number of rotatable bonds is 6. The van der Waals surface area contributed by atoms with Crippen molar-refractivity contribution in [3.8, 4) is 11.5 Å². The molecule has 1 fully saturated rings. The van der Waals surface area contributed by atoms with Crippen molar-refractivity contribution < 1.29 is 22.7 Å². The van der Waals surface area contributed by atoms with E-state index in [-0.39, 0.29) is 17.4 Å². The molecule has 0 radical (unpaired) electrons. The van der Waals surface area contributed by atoms with Crippen molar-refractivity contribution in [2.24, 2.45) is 5.92 Å². The van der Waals surface area contributed by atoms with E-state index >= 15 is 0 Å². The highest BCUT2D eigenvalue weighted by Gasteiger charge is 2.29. The molecule has 1 amide bonds. The quantitative estimate of drug-likeness (QED) is 0.675. The summed E-state index contributed by atoms with van der Waals surface area (Å²) in [6.45, 7) is 3.48. The summed E-state index contributed by atoms with van der Waals surface area (Å²) >= 11 is 6.08. The van der Waals surface area contributed by atoms with Crippen LogP contribution in [0.15, 0.2) is 41.3 Å². The Labute approximate surface area is 193 Å². The second kappa shape index (κ2) is 9.68. The second-order valence-electron chi connectivity index (χ2n) is 8.01. The van der Waals surface area contributed by atoms with E-state index in [1.165, 1.54) is 16.4 Å². The number of benzene rings is 2. The Morgan fingerprint density at radius 2 is 1.97 bits per heavy atom. The van der Waals surface area contributed by atoms with Crippen molar-refractivity contribution in [1.29, 1.82) is 0 Å². The third kappa shape index (κ3) is 4.87. The summed E-state index contributed by atoms with van der Waals surface area (Å²) in [5.41, 5.74) is 1.21. The number of hydrogen-bond acceptors (Lipinski definition) is 5. The summed E-state index contributed by atoms with van der Waals surface area (Å²) in [6, 6.07) is 9.97. The molecule has 2 aromatic rings. The first-order chi connectivity index (χ1) is 15.4. The third-order valence-corrected chi connectivity index (χ3v) is 7.89. The van der Waals surface area contributed by atoms with Gasteiger partial charge in [-0.2, -0.15) is 4.31 Å². The summed E-state index contributed by atoms with van der Waals surface area (Å²) in [5.74, 6) is 0.462. The van der Waals surface area contributed by atoms with Crippen LogP contribution in [0, 0.1) is 5.92 Å². The second-order valence-corrected chi connectivity index (χ2v) is 10.4. The Bertz CT molecular complexity index is 1100. The molecule has 7 nitrogen and oxygen atoms in total. The zero-order valence-corrected chi connectivity index (χ0v) is 19.5. The van der Waals surface area contributed by atoms with Gasteiger partial charge in [-0.05, 0) is 68.1 Å². The number of fused-ring (bicyclic) bond motifs is 1. The van der Waals surface area contributed by atoms with Gasteiger partial charge in [-0.3, -0.25) is 4.79 Å². The lowest BCUT2D eigenvalue weighted by molar-refractivity contribution is -0.121. The molecule has 0 spiro atoms. The normalized spacial score (nSPS) is 19.0. The fourth-order valence-corrected chi connectivity index (χ4v) is 5.81. The van der Waals surface area contributed by atoms with E-state index in [2.05, 4.69) is 5.32 Å². The predicted molar refractivity (Wildman–Crippen MR) is 123 cm³/mol. The zero-order valence-electron chi connectivity index (χ0n) is 18.0. The third-order valence-electron chi connectivity index (χ3n) is 5.76. The fourth-order valence-electron chi connectivity index (χ4n) is 4.07. The van der Waals surface area contributed by atoms with E-state index < -0.39 is 15.9 Å². The number of amides is 1. The van der Waals surface area contributed by atoms with Crippen molar-refractivity contribution in [3.05, 3.63) is 47.0 Å². The number of ether oxygens (including phenoxy) is 2. The molecule has 2 aliphatic heterocycles. The first-order valence-electron chi connectivity index (χ1n) is 10.9. The molecule has 0 aromatic heterocycles. The van der Waals surface area contributed by atoms with Gasteiger partial charge in [0.15, 0.2) is 0 Å². The largest absolute Gasteiger partial charge is 0.492 e. The molecule has 2 aliphatic rings. The number of sulfonamides is 1. The number of hydrogen-bond donors (Lipinski definition) is 1. The van der Waals surface area contributed by atoms with Gasteiger partial charge in [-0.15, -0.1) is 0 Å². The minimum absolute atomic E-state index is 0.148. The van der Waals surface area contributed by atoms with Gasteiger partial charge in [0.2, 0.25) is 15.9 Å². The standard InChI is InChI=1S/C23H27ClN2O5S/c1-2-30-22-9-7-19(32(28,29)26-10-4-3-5-11-26)14-20(22)25-23(27)17-12-16-13-18(24)6-8-21(16)31-15-17/h6-9,13-14,17H,2-5,10-12,15H2,1H3,(H,25,27). The molecule has 1 unspecified atom stereocenters. The van der Waals surface area contributed by atoms with Crippen molar-refractivity contribution in [1.82, 2.24) is 4.31 Å². The van der Waals surface area contributed by atoms with Crippen LogP contribution in [0.1, 0.15) is 31.7 Å². The van der Waals surface area contributed by atoms with Gasteiger partial charge in [0.25, 0.3) is 0 Å². The Hall–Kier alpha value is -2.29. The highest BCUT2D eigenvalue weighted by Crippen LogP contribution is 2.33. The highest BCUT2D eigenvalue weighted by molar-refractivity contribution is 7.89. The van der Waals surface area contributed by atoms with Gasteiger partial charge in [-0.25, -0.2) is 8.42 Å². The first-order valence-corrected chi connectivity index (χ1v) is 12.7. The van der Waals surface area contributed by atoms with E-state index in [1.54, 1.807) is 24.3 Å². The number of nitrogens with one attached hydrogen (secondary N) is 1. The van der Waals surface area contributed by atoms with Crippen LogP contribution in [-0.4, -0.2) is 44.9 Å². The number of carbonyl (C=O) groups is 1. The molecule has 1 saturated heterocycles. The minimum atomic E-state index is -3.63. The lowest BCUT2D eigenvalue weighted by atomic mass is 9.96. The highest BCUT2D eigenvalue weighted by atomic mass is 35.5. The Morgan fingerprint density at radius 1 is 1.19 bits per heavy atom. The number of halogens is 1. The zero-order chi connectivity index (χ0) is 22.7. The van der Waals surface area contributed by atoms with Crippen LogP contribution in [-0.2, 0) is 21.2 Å². The van der Waals surface area contributed by atoms with Crippen LogP contribution in [0.3, 0.4) is 0 Å². The molecule has 0 aliphatic carbocycles. The monoisotopic (exact) mass is 478 g/mol. The molecule has 2 heterocycles. The van der Waals surface area contributed by atoms with Gasteiger partial charge in [0, 0.05) is 18.1 Å². The molecule has 9 heteroatoms. The molecular formula is C23H27ClN2O5S. The summed E-state index contributed by atoms with van der Waals surface area (Å²) < 4.78 is 39.1. The van der Waals surface area contributed by atoms with Crippen molar-refractivity contribution in [2.45, 2.75) is 37.5 Å². The van der Waals surface area contributed by atoms with Gasteiger partial charge >= 0.3 is 0 Å². The molecule has 32 heavy (non-hydrogen) atoms. The first kappa shape index (κ1) is 22.9. The maximum absolute atomic E-state index is 13.1. The summed E-state index contributed by atoms with van der Waals surface area (Å²) in [6.07, 6.45) is 3.23. The maximum atomic E-state index is 13.1. The molecular weight excluding hydrogens is 452 g/mol. The van der Waals surface area contributed by atoms with Gasteiger partial charge in [0.05, 0.1) is 23.1 Å². The van der Waals surface area contributed by atoms with Crippen molar-refractivity contribution in [2.75, 3.05) is 31.6 Å². The number of nitrogens with zero attached hydrogens (tertiary/aromatic N) is 1. The topological polar surface area (TPSA) is 84.9 Å². The predicted octanol–water partition coefficient (Wildman–Crippen LogP) is 4.10. The number of anilines is 1. The number of carbonyl (C=O) groups excluding carboxylic acids is 1. The average Bonchev–Trinajstić information content (AvgIpc) is 2.80. The average molecular weight is 479 g/mol. The molecule has 4 rings (SSSR count). The van der Waals surface area contributed by atoms with Crippen LogP contribution in [0.4, 0.5) is 5.69 Å². The van der Waals surface area contributed by atoms with Gasteiger partial charge < -0.3 is 14.8 Å². The Balaban J connectivity index is 1.56. The van der Waals surface area contributed by atoms with E-state index in [0.717, 1.165) is 30.6 Å². The molecule has 0 saturated carbocycles. The summed E-state index contributed by atoms with van der Waals surface area (Å²) in [4.78, 5) is 13.2. The van der Waals surface area contributed by atoms with Crippen LogP contribution < -0.4 is 14.8 Å². The van der Waals surface area contributed by atoms with E-state index in [9.17, 15) is 13.2 Å². The SMILES string of the molecule is CCOc1ccc(S(=O)(=O)N2CCCCC2)cc1NC(=O)C1COc2ccc(Cl)cc2C1. The van der Waals surface area contributed by atoms with E-state index in [4.69, 9.17) is 21.1 Å². The molecule has 1 N–H and O–H groups in total. The maximum Gasteiger partial charge on any atom is 0.243 e. The summed E-state index contributed by atoms with van der Waals surface area (Å²) in [7, 11) is -3.63. The lowest BCUT2D eigenvalue weighted by Gasteiger charge is -2.27. The summed E-state index contributed by atoms with van der Waals surface area (Å²) in [5, 5.41) is 3.45. The lowest BCUT2D eigenvalue weighted by Crippen LogP contribution is -2.35. The molecule has 2 aromatic carbocycles. The fraction of sp³-hybridized carbons (Fsp3) is 0.435. The van der Waals surface area contributed by atoms with Gasteiger partial charge in [-0.1, -0.05) is 18.0 Å². The van der Waals surface area contributed by atoms with Crippen molar-refractivity contribution >= 4 is 33.2 Å². The van der Waals surface area contributed by atoms with E-state index in [1.807, 2.05) is 6.92 Å². The molecule has 172 valence electrons. The molecule has 1 atom stereocenters. The minimum Gasteiger partial charge on any atom is -0.492 e. The van der Waals surface area contributed by atoms with Crippen LogP contribution in [0.5, 0.6) is 11.5 Å². The van der Waals surface area contributed by atoms with E-state index in [0.29, 0.717) is 42.6 Å². The van der Waals surface area contributed by atoms with Crippen LogP contribution in [0.25, 0.3) is 0 Å². The number of piperidine rings is 1. The van der Waals surface area contributed by atoms with Crippen LogP contribution >= 0.6 is 11.6 Å². The smallest absolute Gasteiger partial charge is 0.243 e. The van der Waals surface area contributed by atoms with Crippen LogP contribution in [0.2, 0.25) is 5.02 Å².